The van der Waals surface area contributed by atoms with Crippen LogP contribution in [0.4, 0.5) is 0 Å². The van der Waals surface area contributed by atoms with Gasteiger partial charge in [-0.1, -0.05) is 0 Å². The van der Waals surface area contributed by atoms with Crippen molar-refractivity contribution in [2.45, 2.75) is 31.6 Å². The van der Waals surface area contributed by atoms with Crippen molar-refractivity contribution >= 4 is 5.97 Å². The second-order valence-electron chi connectivity index (χ2n) is 3.54. The van der Waals surface area contributed by atoms with Crippen LogP contribution in [0.25, 0.3) is 0 Å². The first-order valence-electron chi connectivity index (χ1n) is 4.54. The molecule has 3 heteroatoms. The van der Waals surface area contributed by atoms with E-state index in [1.807, 2.05) is 0 Å². The van der Waals surface area contributed by atoms with Crippen LogP contribution in [0.5, 0.6) is 0 Å². The number of carboxylic acids is 1. The largest absolute Gasteiger partial charge is 0.481 e. The maximum atomic E-state index is 10.6. The van der Waals surface area contributed by atoms with E-state index in [0.29, 0.717) is 0 Å². The summed E-state index contributed by atoms with van der Waals surface area (Å²) in [7, 11) is 0. The third kappa shape index (κ3) is 1.59. The van der Waals surface area contributed by atoms with E-state index < -0.39 is 5.97 Å². The van der Waals surface area contributed by atoms with E-state index in [0.717, 1.165) is 24.8 Å². The first-order chi connectivity index (χ1) is 6.27. The molecule has 2 rings (SSSR count). The molecule has 0 spiro atoms. The normalized spacial score (nSPS) is 21.1. The van der Waals surface area contributed by atoms with E-state index in [4.69, 9.17) is 9.52 Å². The minimum atomic E-state index is -0.723. The molecule has 1 aromatic heterocycles. The first-order valence-corrected chi connectivity index (χ1v) is 4.54. The lowest BCUT2D eigenvalue weighted by Gasteiger charge is -2.19. The van der Waals surface area contributed by atoms with Crippen LogP contribution in [-0.2, 0) is 11.2 Å². The molecule has 0 aromatic carbocycles. The number of carbonyl (C=O) groups is 1. The molecule has 0 amide bonds. The molecule has 1 aliphatic rings. The minimum Gasteiger partial charge on any atom is -0.481 e. The summed E-state index contributed by atoms with van der Waals surface area (Å²) in [6.45, 7) is 0. The van der Waals surface area contributed by atoms with Crippen LogP contribution >= 0.6 is 0 Å². The molecule has 1 N–H and O–H groups in total. The molecular weight excluding hydrogens is 168 g/mol. The molecule has 1 atom stereocenters. The van der Waals surface area contributed by atoms with Gasteiger partial charge in [0, 0.05) is 0 Å². The molecular formula is C10H12O3. The van der Waals surface area contributed by atoms with Crippen molar-refractivity contribution in [3.05, 3.63) is 23.7 Å². The summed E-state index contributed by atoms with van der Waals surface area (Å²) in [5, 5.41) is 8.70. The fraction of sp³-hybridized carbons (Fsp3) is 0.500. The lowest BCUT2D eigenvalue weighted by atomic mass is 9.84. The van der Waals surface area contributed by atoms with Crippen LogP contribution in [0.2, 0.25) is 0 Å². The monoisotopic (exact) mass is 180 g/mol. The second-order valence-corrected chi connectivity index (χ2v) is 3.54. The number of hydrogen-bond acceptors (Lipinski definition) is 2. The zero-order valence-corrected chi connectivity index (χ0v) is 7.32. The topological polar surface area (TPSA) is 50.4 Å². The predicted molar refractivity (Wildman–Crippen MR) is 46.6 cm³/mol. The van der Waals surface area contributed by atoms with E-state index >= 15 is 0 Å². The fourth-order valence-electron chi connectivity index (χ4n) is 2.01. The third-order valence-corrected chi connectivity index (χ3v) is 2.64. The average Bonchev–Trinajstić information content (AvgIpc) is 2.51. The van der Waals surface area contributed by atoms with Gasteiger partial charge in [-0.05, 0) is 36.3 Å². The number of aliphatic carboxylic acids is 1. The lowest BCUT2D eigenvalue weighted by Crippen LogP contribution is -2.11. The molecule has 1 aliphatic carbocycles. The highest BCUT2D eigenvalue weighted by molar-refractivity contribution is 5.68. The molecule has 0 bridgehead atoms. The number of hydrogen-bond donors (Lipinski definition) is 1. The van der Waals surface area contributed by atoms with Gasteiger partial charge in [0.15, 0.2) is 0 Å². The Morgan fingerprint density at radius 3 is 3.23 bits per heavy atom. The van der Waals surface area contributed by atoms with Crippen molar-refractivity contribution in [3.8, 4) is 0 Å². The Morgan fingerprint density at radius 2 is 2.46 bits per heavy atom. The molecule has 70 valence electrons. The Morgan fingerprint density at radius 1 is 1.62 bits per heavy atom. The maximum absolute atomic E-state index is 10.6. The minimum absolute atomic E-state index is 0.167. The van der Waals surface area contributed by atoms with Gasteiger partial charge >= 0.3 is 5.97 Å². The highest BCUT2D eigenvalue weighted by atomic mass is 16.4. The first kappa shape index (κ1) is 8.35. The van der Waals surface area contributed by atoms with E-state index in [2.05, 4.69) is 0 Å². The summed E-state index contributed by atoms with van der Waals surface area (Å²) in [5.74, 6) is -0.556. The van der Waals surface area contributed by atoms with Crippen LogP contribution in [0.3, 0.4) is 0 Å². The van der Waals surface area contributed by atoms with Crippen molar-refractivity contribution in [1.82, 2.24) is 0 Å². The second kappa shape index (κ2) is 3.24. The highest BCUT2D eigenvalue weighted by Gasteiger charge is 2.23. The molecule has 13 heavy (non-hydrogen) atoms. The molecule has 0 saturated carbocycles. The lowest BCUT2D eigenvalue weighted by molar-refractivity contribution is -0.137. The van der Waals surface area contributed by atoms with Gasteiger partial charge in [0.05, 0.1) is 18.9 Å². The highest BCUT2D eigenvalue weighted by Crippen LogP contribution is 2.34. The molecule has 1 aromatic rings. The van der Waals surface area contributed by atoms with Crippen LogP contribution in [-0.4, -0.2) is 11.1 Å². The zero-order chi connectivity index (χ0) is 9.26. The Hall–Kier alpha value is -1.25. The van der Waals surface area contributed by atoms with Crippen molar-refractivity contribution in [3.63, 3.8) is 0 Å². The van der Waals surface area contributed by atoms with Gasteiger partial charge in [0.1, 0.15) is 0 Å². The van der Waals surface area contributed by atoms with Crippen molar-refractivity contribution in [1.29, 1.82) is 0 Å². The summed E-state index contributed by atoms with van der Waals surface area (Å²) in [5.41, 5.74) is 2.30. The van der Waals surface area contributed by atoms with Gasteiger partial charge in [-0.25, -0.2) is 0 Å². The summed E-state index contributed by atoms with van der Waals surface area (Å²) in [4.78, 5) is 10.6. The standard InChI is InChI=1S/C10H12O3/c11-10(12)4-7-2-1-3-8-5-13-6-9(7)8/h5-7H,1-4H2,(H,11,12). The van der Waals surface area contributed by atoms with Crippen LogP contribution in [0, 0.1) is 0 Å². The SMILES string of the molecule is O=C(O)CC1CCCc2cocc21. The van der Waals surface area contributed by atoms with E-state index in [9.17, 15) is 4.79 Å². The summed E-state index contributed by atoms with van der Waals surface area (Å²) in [6, 6.07) is 0. The maximum Gasteiger partial charge on any atom is 0.303 e. The quantitative estimate of drug-likeness (QED) is 0.758. The zero-order valence-electron chi connectivity index (χ0n) is 7.32. The van der Waals surface area contributed by atoms with Crippen LogP contribution in [0.1, 0.15) is 36.3 Å². The molecule has 1 heterocycles. The van der Waals surface area contributed by atoms with Gasteiger partial charge < -0.3 is 9.52 Å². The smallest absolute Gasteiger partial charge is 0.303 e. The fourth-order valence-corrected chi connectivity index (χ4v) is 2.01. The molecule has 0 radical (unpaired) electrons. The molecule has 1 unspecified atom stereocenters. The Labute approximate surface area is 76.4 Å². The van der Waals surface area contributed by atoms with Gasteiger partial charge in [-0.2, -0.15) is 0 Å². The molecule has 0 fully saturated rings. The summed E-state index contributed by atoms with van der Waals surface area (Å²) >= 11 is 0. The number of aryl methyl sites for hydroxylation is 1. The molecule has 3 nitrogen and oxygen atoms in total. The van der Waals surface area contributed by atoms with Crippen molar-refractivity contribution in [2.24, 2.45) is 0 Å². The Kier molecular flexibility index (Phi) is 2.08. The van der Waals surface area contributed by atoms with Crippen molar-refractivity contribution in [2.75, 3.05) is 0 Å². The number of rotatable bonds is 2. The Balaban J connectivity index is 2.20. The number of furan rings is 1. The Bertz CT molecular complexity index is 314. The predicted octanol–water partition coefficient (Wildman–Crippen LogP) is 2.17. The molecule has 0 aliphatic heterocycles. The number of fused-ring (bicyclic) bond motifs is 1. The van der Waals surface area contributed by atoms with E-state index in [-0.39, 0.29) is 12.3 Å². The van der Waals surface area contributed by atoms with Crippen LogP contribution < -0.4 is 0 Å². The van der Waals surface area contributed by atoms with Gasteiger partial charge in [-0.15, -0.1) is 0 Å². The van der Waals surface area contributed by atoms with E-state index in [1.54, 1.807) is 12.5 Å². The average molecular weight is 180 g/mol. The summed E-state index contributed by atoms with van der Waals surface area (Å²) < 4.78 is 5.09. The van der Waals surface area contributed by atoms with Gasteiger partial charge in [0.25, 0.3) is 0 Å². The van der Waals surface area contributed by atoms with E-state index in [1.165, 1.54) is 5.56 Å². The number of carboxylic acid groups (broad SMARTS) is 1. The molecule has 0 saturated heterocycles. The third-order valence-electron chi connectivity index (χ3n) is 2.64. The van der Waals surface area contributed by atoms with Crippen LogP contribution in [0.15, 0.2) is 16.9 Å². The summed E-state index contributed by atoms with van der Waals surface area (Å²) in [6.07, 6.45) is 6.74. The van der Waals surface area contributed by atoms with Crippen molar-refractivity contribution < 1.29 is 14.3 Å². The van der Waals surface area contributed by atoms with Gasteiger partial charge in [-0.3, -0.25) is 4.79 Å². The van der Waals surface area contributed by atoms with Gasteiger partial charge in [0.2, 0.25) is 0 Å².